The summed E-state index contributed by atoms with van der Waals surface area (Å²) in [6.45, 7) is 0.0151. The summed E-state index contributed by atoms with van der Waals surface area (Å²) in [6, 6.07) is 14.8. The number of amides is 2. The first-order valence-electron chi connectivity index (χ1n) is 8.49. The lowest BCUT2D eigenvalue weighted by molar-refractivity contribution is 0.0784. The van der Waals surface area contributed by atoms with Crippen LogP contribution in [0.5, 0.6) is 0 Å². The van der Waals surface area contributed by atoms with E-state index in [2.05, 4.69) is 0 Å². The predicted molar refractivity (Wildman–Crippen MR) is 111 cm³/mol. The second-order valence-corrected chi connectivity index (χ2v) is 7.57. The van der Waals surface area contributed by atoms with E-state index in [1.54, 1.807) is 56.6 Å². The van der Waals surface area contributed by atoms with Gasteiger partial charge < -0.3 is 9.80 Å². The molecule has 0 radical (unpaired) electrons. The van der Waals surface area contributed by atoms with Gasteiger partial charge in [0.05, 0.1) is 16.1 Å². The van der Waals surface area contributed by atoms with Gasteiger partial charge in [0.25, 0.3) is 11.8 Å². The number of halogens is 2. The molecule has 0 spiro atoms. The fourth-order valence-corrected chi connectivity index (χ4v) is 3.74. The van der Waals surface area contributed by atoms with Gasteiger partial charge in [-0.25, -0.2) is 4.39 Å². The first-order valence-corrected chi connectivity index (χ1v) is 9.75. The van der Waals surface area contributed by atoms with Crippen LogP contribution in [0.1, 0.15) is 25.6 Å². The lowest BCUT2D eigenvalue weighted by Crippen LogP contribution is -2.31. The zero-order valence-electron chi connectivity index (χ0n) is 15.4. The quantitative estimate of drug-likeness (QED) is 0.581. The van der Waals surface area contributed by atoms with Crippen LogP contribution in [0.2, 0.25) is 5.02 Å². The molecule has 0 aliphatic rings. The average molecular weight is 417 g/mol. The van der Waals surface area contributed by atoms with Crippen molar-refractivity contribution in [2.24, 2.45) is 0 Å². The van der Waals surface area contributed by atoms with Crippen LogP contribution in [-0.2, 0) is 6.54 Å². The molecule has 28 heavy (non-hydrogen) atoms. The van der Waals surface area contributed by atoms with Gasteiger partial charge in [-0.15, -0.1) is 11.3 Å². The maximum Gasteiger partial charge on any atom is 0.268 e. The molecule has 0 aliphatic carbocycles. The number of hydrogen-bond acceptors (Lipinski definition) is 3. The number of benzene rings is 2. The maximum atomic E-state index is 14.1. The van der Waals surface area contributed by atoms with Crippen LogP contribution in [0.3, 0.4) is 0 Å². The summed E-state index contributed by atoms with van der Waals surface area (Å²) in [7, 11) is 3.20. The Balaban J connectivity index is 1.87. The Hall–Kier alpha value is -2.70. The van der Waals surface area contributed by atoms with Crippen molar-refractivity contribution < 1.29 is 14.0 Å². The van der Waals surface area contributed by atoms with Crippen LogP contribution in [0.15, 0.2) is 60.0 Å². The Kier molecular flexibility index (Phi) is 6.11. The molecule has 0 atom stereocenters. The molecule has 3 rings (SSSR count). The highest BCUT2D eigenvalue weighted by molar-refractivity contribution is 7.12. The normalized spacial score (nSPS) is 10.6. The fourth-order valence-electron chi connectivity index (χ4n) is 2.82. The van der Waals surface area contributed by atoms with Gasteiger partial charge in [0, 0.05) is 31.2 Å². The second kappa shape index (κ2) is 8.54. The molecule has 0 unspecified atom stereocenters. The van der Waals surface area contributed by atoms with E-state index in [0.29, 0.717) is 16.1 Å². The average Bonchev–Trinajstić information content (AvgIpc) is 3.24. The molecule has 0 N–H and O–H groups in total. The van der Waals surface area contributed by atoms with Gasteiger partial charge in [0.15, 0.2) is 0 Å². The lowest BCUT2D eigenvalue weighted by atomic mass is 10.1. The van der Waals surface area contributed by atoms with Crippen LogP contribution in [0, 0.1) is 5.82 Å². The molecule has 7 heteroatoms. The first kappa shape index (κ1) is 20.0. The van der Waals surface area contributed by atoms with Crippen molar-refractivity contribution in [3.63, 3.8) is 0 Å². The minimum atomic E-state index is -0.467. The number of nitrogens with zero attached hydrogens (tertiary/aromatic N) is 2. The van der Waals surface area contributed by atoms with E-state index in [9.17, 15) is 14.0 Å². The van der Waals surface area contributed by atoms with Crippen LogP contribution < -0.4 is 4.90 Å². The van der Waals surface area contributed by atoms with Gasteiger partial charge in [0.1, 0.15) is 5.82 Å². The van der Waals surface area contributed by atoms with Crippen LogP contribution in [0.4, 0.5) is 10.1 Å². The van der Waals surface area contributed by atoms with Gasteiger partial charge >= 0.3 is 0 Å². The summed E-state index contributed by atoms with van der Waals surface area (Å²) in [5.74, 6) is -0.999. The van der Waals surface area contributed by atoms with Crippen molar-refractivity contribution in [1.29, 1.82) is 0 Å². The van der Waals surface area contributed by atoms with Crippen LogP contribution in [0.25, 0.3) is 0 Å². The monoisotopic (exact) mass is 416 g/mol. The minimum absolute atomic E-state index is 0.0151. The Morgan fingerprint density at radius 3 is 2.43 bits per heavy atom. The fraction of sp³-hybridized carbons (Fsp3) is 0.143. The van der Waals surface area contributed by atoms with E-state index >= 15 is 0 Å². The van der Waals surface area contributed by atoms with Crippen molar-refractivity contribution in [2.45, 2.75) is 6.54 Å². The first-order chi connectivity index (χ1) is 13.4. The molecule has 0 fully saturated rings. The van der Waals surface area contributed by atoms with E-state index in [-0.39, 0.29) is 28.9 Å². The van der Waals surface area contributed by atoms with Crippen molar-refractivity contribution in [3.8, 4) is 0 Å². The Labute approximate surface area is 171 Å². The van der Waals surface area contributed by atoms with E-state index in [1.807, 2.05) is 5.38 Å². The number of carbonyl (C=O) groups is 2. The van der Waals surface area contributed by atoms with Crippen molar-refractivity contribution in [3.05, 3.63) is 86.8 Å². The smallest absolute Gasteiger partial charge is 0.268 e. The topological polar surface area (TPSA) is 40.6 Å². The summed E-state index contributed by atoms with van der Waals surface area (Å²) < 4.78 is 14.1. The standard InChI is InChI=1S/C21H18ClFN2O2S/c1-24(13-15-16(22)8-5-9-17(15)23)20(26)14-7-3-4-10-18(14)25(2)21(27)19-11-6-12-28-19/h3-12H,13H2,1-2H3. The lowest BCUT2D eigenvalue weighted by Gasteiger charge is -2.23. The Morgan fingerprint density at radius 1 is 1.00 bits per heavy atom. The number of thiophene rings is 1. The molecule has 1 heterocycles. The summed E-state index contributed by atoms with van der Waals surface area (Å²) in [4.78, 5) is 29.1. The summed E-state index contributed by atoms with van der Waals surface area (Å²) in [6.07, 6.45) is 0. The molecule has 2 aromatic carbocycles. The van der Waals surface area contributed by atoms with Crippen molar-refractivity contribution in [2.75, 3.05) is 19.0 Å². The van der Waals surface area contributed by atoms with Crippen molar-refractivity contribution >= 4 is 40.4 Å². The van der Waals surface area contributed by atoms with Gasteiger partial charge in [0.2, 0.25) is 0 Å². The van der Waals surface area contributed by atoms with Crippen LogP contribution in [-0.4, -0.2) is 30.8 Å². The van der Waals surface area contributed by atoms with Crippen molar-refractivity contribution in [1.82, 2.24) is 4.90 Å². The number of rotatable bonds is 5. The van der Waals surface area contributed by atoms with E-state index in [0.717, 1.165) is 0 Å². The van der Waals surface area contributed by atoms with E-state index in [4.69, 9.17) is 11.6 Å². The zero-order chi connectivity index (χ0) is 20.3. The summed E-state index contributed by atoms with van der Waals surface area (Å²) in [5.41, 5.74) is 1.09. The molecule has 144 valence electrons. The van der Waals surface area contributed by atoms with E-state index < -0.39 is 5.82 Å². The second-order valence-electron chi connectivity index (χ2n) is 6.22. The molecule has 4 nitrogen and oxygen atoms in total. The molecule has 2 amide bonds. The molecular weight excluding hydrogens is 399 g/mol. The highest BCUT2D eigenvalue weighted by Crippen LogP contribution is 2.25. The highest BCUT2D eigenvalue weighted by atomic mass is 35.5. The Bertz CT molecular complexity index is 987. The SMILES string of the molecule is CN(Cc1c(F)cccc1Cl)C(=O)c1ccccc1N(C)C(=O)c1cccs1. The van der Waals surface area contributed by atoms with E-state index in [1.165, 1.54) is 33.3 Å². The molecule has 0 saturated carbocycles. The molecular formula is C21H18ClFN2O2S. The van der Waals surface area contributed by atoms with Gasteiger partial charge in [-0.05, 0) is 35.7 Å². The number of hydrogen-bond donors (Lipinski definition) is 0. The highest BCUT2D eigenvalue weighted by Gasteiger charge is 2.23. The number of anilines is 1. The Morgan fingerprint density at radius 2 is 1.75 bits per heavy atom. The maximum absolute atomic E-state index is 14.1. The van der Waals surface area contributed by atoms with Gasteiger partial charge in [-0.1, -0.05) is 35.9 Å². The summed E-state index contributed by atoms with van der Waals surface area (Å²) >= 11 is 7.41. The molecule has 3 aromatic rings. The largest absolute Gasteiger partial charge is 0.337 e. The number of para-hydroxylation sites is 1. The third-order valence-electron chi connectivity index (χ3n) is 4.34. The number of carbonyl (C=O) groups excluding carboxylic acids is 2. The minimum Gasteiger partial charge on any atom is -0.337 e. The third-order valence-corrected chi connectivity index (χ3v) is 5.55. The molecule has 0 bridgehead atoms. The molecule has 1 aromatic heterocycles. The van der Waals surface area contributed by atoms with Crippen LogP contribution >= 0.6 is 22.9 Å². The molecule has 0 aliphatic heterocycles. The predicted octanol–water partition coefficient (Wildman–Crippen LogP) is 5.09. The third kappa shape index (κ3) is 4.08. The zero-order valence-corrected chi connectivity index (χ0v) is 16.9. The molecule has 0 saturated heterocycles. The van der Waals surface area contributed by atoms with Gasteiger partial charge in [-0.2, -0.15) is 0 Å². The summed E-state index contributed by atoms with van der Waals surface area (Å²) in [5, 5.41) is 2.09. The van der Waals surface area contributed by atoms with Gasteiger partial charge in [-0.3, -0.25) is 9.59 Å².